The summed E-state index contributed by atoms with van der Waals surface area (Å²) in [6, 6.07) is 3.26. The van der Waals surface area contributed by atoms with Crippen LogP contribution in [0.2, 0.25) is 0 Å². The summed E-state index contributed by atoms with van der Waals surface area (Å²) in [5, 5.41) is 24.6. The maximum absolute atomic E-state index is 12.4. The van der Waals surface area contributed by atoms with Crippen LogP contribution in [0, 0.1) is 10.8 Å². The highest BCUT2D eigenvalue weighted by molar-refractivity contribution is 5.81. The highest BCUT2D eigenvalue weighted by atomic mass is 16.3. The van der Waals surface area contributed by atoms with Crippen molar-refractivity contribution >= 4 is 11.5 Å². The van der Waals surface area contributed by atoms with Crippen LogP contribution in [0.5, 0.6) is 5.75 Å². The van der Waals surface area contributed by atoms with Gasteiger partial charge in [-0.25, -0.2) is 0 Å². The van der Waals surface area contributed by atoms with Gasteiger partial charge in [0.05, 0.1) is 5.60 Å². The van der Waals surface area contributed by atoms with Crippen LogP contribution in [0.3, 0.4) is 0 Å². The van der Waals surface area contributed by atoms with Crippen LogP contribution in [0.15, 0.2) is 17.3 Å². The second kappa shape index (κ2) is 6.63. The molecule has 0 bridgehead atoms. The molecule has 0 saturated heterocycles. The number of benzene rings is 1. The Morgan fingerprint density at radius 2 is 2.04 bits per heavy atom. The summed E-state index contributed by atoms with van der Waals surface area (Å²) in [6.45, 7) is 7.50. The number of carbonyl (C=O) groups is 1. The number of phenols is 1. The van der Waals surface area contributed by atoms with Crippen molar-refractivity contribution in [2.24, 2.45) is 11.1 Å². The number of fused-ring (bicyclic) bond motifs is 1. The molecule has 1 aliphatic carbocycles. The molecule has 0 aromatic heterocycles. The van der Waals surface area contributed by atoms with E-state index in [2.05, 4.69) is 5.18 Å². The van der Waals surface area contributed by atoms with Gasteiger partial charge < -0.3 is 10.2 Å². The largest absolute Gasteiger partial charge is 0.506 e. The van der Waals surface area contributed by atoms with Gasteiger partial charge in [0.1, 0.15) is 11.5 Å². The summed E-state index contributed by atoms with van der Waals surface area (Å²) in [5.74, 6) is -0.243. The number of carbonyl (C=O) groups excluding carboxylic acids is 1. The Hall–Kier alpha value is -1.75. The number of aliphatic hydroxyl groups is 1. The molecule has 0 spiro atoms. The van der Waals surface area contributed by atoms with Crippen LogP contribution in [-0.4, -0.2) is 21.6 Å². The third kappa shape index (κ3) is 2.65. The van der Waals surface area contributed by atoms with Crippen molar-refractivity contribution in [3.63, 3.8) is 0 Å². The molecule has 0 fully saturated rings. The minimum absolute atomic E-state index is 0.0305. The summed E-state index contributed by atoms with van der Waals surface area (Å²) < 4.78 is 0. The van der Waals surface area contributed by atoms with E-state index in [1.54, 1.807) is 19.9 Å². The van der Waals surface area contributed by atoms with E-state index in [0.717, 1.165) is 12.0 Å². The lowest BCUT2D eigenvalue weighted by atomic mass is 9.53. The van der Waals surface area contributed by atoms with E-state index in [4.69, 9.17) is 0 Å². The van der Waals surface area contributed by atoms with Gasteiger partial charge in [-0.05, 0) is 48.1 Å². The molecule has 2 N–H and O–H groups in total. The van der Waals surface area contributed by atoms with E-state index < -0.39 is 11.0 Å². The van der Waals surface area contributed by atoms with E-state index in [0.29, 0.717) is 24.8 Å². The fraction of sp³-hybridized carbons (Fsp3) is 0.632. The number of rotatable bonds is 6. The summed E-state index contributed by atoms with van der Waals surface area (Å²) in [4.78, 5) is 23.8. The third-order valence-electron chi connectivity index (χ3n) is 5.84. The van der Waals surface area contributed by atoms with Gasteiger partial charge in [-0.2, -0.15) is 0 Å². The van der Waals surface area contributed by atoms with Crippen molar-refractivity contribution in [2.75, 3.05) is 0 Å². The summed E-state index contributed by atoms with van der Waals surface area (Å²) in [6.07, 6.45) is 2.39. The lowest BCUT2D eigenvalue weighted by Gasteiger charge is -2.53. The van der Waals surface area contributed by atoms with Crippen molar-refractivity contribution in [1.82, 2.24) is 0 Å². The first-order valence-electron chi connectivity index (χ1n) is 8.67. The topological polar surface area (TPSA) is 87.0 Å². The highest BCUT2D eigenvalue weighted by Crippen LogP contribution is 2.56. The first kappa shape index (κ1) is 18.6. The molecule has 3 atom stereocenters. The number of phenolic OH excluding ortho intramolecular Hbond substituents is 1. The molecule has 0 heterocycles. The number of nitrogens with zero attached hydrogens (tertiary/aromatic N) is 1. The second-order valence-corrected chi connectivity index (χ2v) is 7.21. The Kier molecular flexibility index (Phi) is 5.14. The molecule has 2 unspecified atom stereocenters. The molecular weight excluding hydrogens is 306 g/mol. The Morgan fingerprint density at radius 1 is 1.38 bits per heavy atom. The van der Waals surface area contributed by atoms with Gasteiger partial charge in [0.25, 0.3) is 0 Å². The number of aromatic hydroxyl groups is 1. The first-order valence-corrected chi connectivity index (χ1v) is 8.67. The van der Waals surface area contributed by atoms with E-state index >= 15 is 0 Å². The molecule has 24 heavy (non-hydrogen) atoms. The van der Waals surface area contributed by atoms with Gasteiger partial charge >= 0.3 is 0 Å². The van der Waals surface area contributed by atoms with Crippen LogP contribution in [-0.2, 0) is 16.6 Å². The van der Waals surface area contributed by atoms with Crippen molar-refractivity contribution in [3.05, 3.63) is 28.2 Å². The van der Waals surface area contributed by atoms with Crippen molar-refractivity contribution < 1.29 is 15.0 Å². The van der Waals surface area contributed by atoms with Gasteiger partial charge in [-0.15, -0.1) is 4.91 Å². The van der Waals surface area contributed by atoms with Gasteiger partial charge in [0.2, 0.25) is 0 Å². The Morgan fingerprint density at radius 3 is 2.58 bits per heavy atom. The summed E-state index contributed by atoms with van der Waals surface area (Å²) in [7, 11) is 0. The second-order valence-electron chi connectivity index (χ2n) is 7.21. The zero-order valence-corrected chi connectivity index (χ0v) is 14.9. The highest BCUT2D eigenvalue weighted by Gasteiger charge is 2.56. The Labute approximate surface area is 143 Å². The first-order chi connectivity index (χ1) is 11.2. The number of hydrogen-bond donors (Lipinski definition) is 2. The lowest BCUT2D eigenvalue weighted by Crippen LogP contribution is -2.58. The third-order valence-corrected chi connectivity index (χ3v) is 5.84. The van der Waals surface area contributed by atoms with Crippen LogP contribution in [0.25, 0.3) is 0 Å². The van der Waals surface area contributed by atoms with E-state index in [1.807, 2.05) is 13.8 Å². The number of ketones is 1. The van der Waals surface area contributed by atoms with Crippen LogP contribution in [0.1, 0.15) is 64.5 Å². The van der Waals surface area contributed by atoms with Crippen LogP contribution in [0.4, 0.5) is 5.69 Å². The zero-order valence-electron chi connectivity index (χ0n) is 14.9. The standard InChI is InChI=1S/C19H27NO4/c1-5-9-19(11-14(21)6-2)16-13(10-12(3)18(19,4)23)7-8-15(22)17(16)20-24/h7-8,12,22-23H,5-6,9-11H2,1-4H3/t12?,18?,19-/m1/s1. The average Bonchev–Trinajstić information content (AvgIpc) is 2.54. The smallest absolute Gasteiger partial charge is 0.153 e. The van der Waals surface area contributed by atoms with Gasteiger partial charge in [0, 0.05) is 18.3 Å². The molecule has 5 nitrogen and oxygen atoms in total. The number of nitroso groups, excluding NO2 is 1. The molecule has 0 aliphatic heterocycles. The van der Waals surface area contributed by atoms with Gasteiger partial charge in [-0.1, -0.05) is 33.3 Å². The Bertz CT molecular complexity index is 653. The molecule has 0 radical (unpaired) electrons. The summed E-state index contributed by atoms with van der Waals surface area (Å²) in [5.41, 5.74) is -0.669. The molecule has 132 valence electrons. The predicted octanol–water partition coefficient (Wildman–Crippen LogP) is 4.14. The molecule has 0 saturated carbocycles. The SMILES string of the molecule is CCC[C@@]1(CC(=O)CC)c2c(ccc(O)c2N=O)CC(C)C1(C)O. The number of Topliss-reactive ketones (excluding diaryl/α,β-unsaturated/α-hetero) is 1. The molecule has 1 aromatic carbocycles. The van der Waals surface area contributed by atoms with Crippen molar-refractivity contribution in [3.8, 4) is 5.75 Å². The maximum atomic E-state index is 12.4. The number of hydrogen-bond acceptors (Lipinski definition) is 5. The Balaban J connectivity index is 2.85. The fourth-order valence-corrected chi connectivity index (χ4v) is 4.29. The van der Waals surface area contributed by atoms with Gasteiger partial charge in [-0.3, -0.25) is 4.79 Å². The van der Waals surface area contributed by atoms with E-state index in [-0.39, 0.29) is 29.6 Å². The molecule has 5 heteroatoms. The minimum Gasteiger partial charge on any atom is -0.506 e. The summed E-state index contributed by atoms with van der Waals surface area (Å²) >= 11 is 0. The molecular formula is C19H27NO4. The van der Waals surface area contributed by atoms with Crippen LogP contribution >= 0.6 is 0 Å². The van der Waals surface area contributed by atoms with Crippen LogP contribution < -0.4 is 0 Å². The van der Waals surface area contributed by atoms with E-state index in [9.17, 15) is 19.9 Å². The fourth-order valence-electron chi connectivity index (χ4n) is 4.29. The zero-order chi connectivity index (χ0) is 18.1. The molecule has 0 amide bonds. The van der Waals surface area contributed by atoms with Crippen molar-refractivity contribution in [1.29, 1.82) is 0 Å². The van der Waals surface area contributed by atoms with Crippen molar-refractivity contribution in [2.45, 2.75) is 70.8 Å². The normalized spacial score (nSPS) is 29.1. The predicted molar refractivity (Wildman–Crippen MR) is 93.6 cm³/mol. The quantitative estimate of drug-likeness (QED) is 0.766. The van der Waals surface area contributed by atoms with E-state index in [1.165, 1.54) is 6.07 Å². The average molecular weight is 333 g/mol. The molecule has 1 aromatic rings. The molecule has 2 rings (SSSR count). The van der Waals surface area contributed by atoms with Gasteiger partial charge in [0.15, 0.2) is 5.69 Å². The minimum atomic E-state index is -1.17. The lowest BCUT2D eigenvalue weighted by molar-refractivity contribution is -0.128. The monoisotopic (exact) mass is 333 g/mol. The molecule has 1 aliphatic rings. The maximum Gasteiger partial charge on any atom is 0.153 e.